The Hall–Kier alpha value is -2.17. The van der Waals surface area contributed by atoms with Crippen molar-refractivity contribution in [3.63, 3.8) is 0 Å². The number of carboxylic acids is 1. The molecule has 5 heteroatoms. The van der Waals surface area contributed by atoms with Crippen molar-refractivity contribution in [3.05, 3.63) is 36.4 Å². The van der Waals surface area contributed by atoms with Crippen LogP contribution in [0, 0.1) is 0 Å². The topological polar surface area (TPSA) is 76.2 Å². The van der Waals surface area contributed by atoms with E-state index in [-0.39, 0.29) is 5.56 Å². The van der Waals surface area contributed by atoms with Crippen LogP contribution in [0.2, 0.25) is 0 Å². The predicted molar refractivity (Wildman–Crippen MR) is 46.7 cm³/mol. The van der Waals surface area contributed by atoms with Crippen LogP contribution in [0.25, 0.3) is 11.3 Å². The first-order chi connectivity index (χ1) is 6.79. The van der Waals surface area contributed by atoms with Crippen molar-refractivity contribution in [3.8, 4) is 11.3 Å². The van der Waals surface area contributed by atoms with Crippen molar-refractivity contribution >= 4 is 5.97 Å². The van der Waals surface area contributed by atoms with Gasteiger partial charge in [0.1, 0.15) is 17.5 Å². The van der Waals surface area contributed by atoms with Gasteiger partial charge >= 0.3 is 5.97 Å². The molecular formula is C9H6N2O3. The summed E-state index contributed by atoms with van der Waals surface area (Å²) in [5.74, 6) is -1.06. The molecule has 70 valence electrons. The van der Waals surface area contributed by atoms with Gasteiger partial charge in [-0.15, -0.1) is 0 Å². The molecule has 0 aliphatic heterocycles. The van der Waals surface area contributed by atoms with Gasteiger partial charge in [0, 0.05) is 18.0 Å². The number of pyridine rings is 1. The molecule has 1 N–H and O–H groups in total. The van der Waals surface area contributed by atoms with Crippen molar-refractivity contribution in [1.82, 2.24) is 10.1 Å². The predicted octanol–water partition coefficient (Wildman–Crippen LogP) is 1.43. The second-order valence-electron chi connectivity index (χ2n) is 2.62. The van der Waals surface area contributed by atoms with E-state index in [1.54, 1.807) is 24.5 Å². The largest absolute Gasteiger partial charge is 0.477 e. The second kappa shape index (κ2) is 3.29. The zero-order chi connectivity index (χ0) is 9.97. The molecule has 2 aromatic rings. The Morgan fingerprint density at radius 3 is 2.71 bits per heavy atom. The van der Waals surface area contributed by atoms with Gasteiger partial charge in [-0.05, 0) is 12.1 Å². The van der Waals surface area contributed by atoms with Crippen molar-refractivity contribution in [2.24, 2.45) is 0 Å². The van der Waals surface area contributed by atoms with Crippen LogP contribution >= 0.6 is 0 Å². The highest BCUT2D eigenvalue weighted by atomic mass is 16.5. The summed E-state index contributed by atoms with van der Waals surface area (Å²) in [5, 5.41) is 12.4. The lowest BCUT2D eigenvalue weighted by atomic mass is 10.1. The Bertz CT molecular complexity index is 450. The fourth-order valence-corrected chi connectivity index (χ4v) is 1.11. The molecular weight excluding hydrogens is 184 g/mol. The molecule has 0 amide bonds. The van der Waals surface area contributed by atoms with Crippen LogP contribution < -0.4 is 0 Å². The molecule has 14 heavy (non-hydrogen) atoms. The monoisotopic (exact) mass is 190 g/mol. The van der Waals surface area contributed by atoms with E-state index in [9.17, 15) is 4.79 Å². The van der Waals surface area contributed by atoms with Crippen LogP contribution in [0.4, 0.5) is 0 Å². The highest BCUT2D eigenvalue weighted by molar-refractivity contribution is 5.94. The maximum atomic E-state index is 10.7. The van der Waals surface area contributed by atoms with E-state index in [0.29, 0.717) is 11.3 Å². The minimum absolute atomic E-state index is 0.0520. The minimum atomic E-state index is -1.06. The van der Waals surface area contributed by atoms with Crippen LogP contribution in [-0.2, 0) is 0 Å². The first kappa shape index (κ1) is 8.43. The van der Waals surface area contributed by atoms with Crippen molar-refractivity contribution in [2.75, 3.05) is 0 Å². The Kier molecular flexibility index (Phi) is 1.98. The molecule has 0 saturated heterocycles. The van der Waals surface area contributed by atoms with Gasteiger partial charge < -0.3 is 9.63 Å². The summed E-state index contributed by atoms with van der Waals surface area (Å²) in [7, 11) is 0. The number of nitrogens with zero attached hydrogens (tertiary/aromatic N) is 2. The first-order valence-electron chi connectivity index (χ1n) is 3.87. The third kappa shape index (κ3) is 1.35. The number of hydrogen-bond acceptors (Lipinski definition) is 4. The van der Waals surface area contributed by atoms with E-state index in [1.807, 2.05) is 0 Å². The van der Waals surface area contributed by atoms with Gasteiger partial charge in [-0.1, -0.05) is 5.16 Å². The van der Waals surface area contributed by atoms with Gasteiger partial charge in [-0.3, -0.25) is 4.98 Å². The molecule has 0 spiro atoms. The Balaban J connectivity index is 2.52. The number of aromatic nitrogens is 2. The molecule has 0 atom stereocenters. The van der Waals surface area contributed by atoms with Crippen molar-refractivity contribution in [1.29, 1.82) is 0 Å². The summed E-state index contributed by atoms with van der Waals surface area (Å²) < 4.78 is 4.61. The molecule has 0 bridgehead atoms. The molecule has 0 aromatic carbocycles. The third-order valence-electron chi connectivity index (χ3n) is 1.75. The number of rotatable bonds is 2. The minimum Gasteiger partial charge on any atom is -0.477 e. The van der Waals surface area contributed by atoms with Gasteiger partial charge in [-0.2, -0.15) is 0 Å². The molecule has 0 aliphatic carbocycles. The summed E-state index contributed by atoms with van der Waals surface area (Å²) in [5.41, 5.74) is 1.04. The molecule has 0 aliphatic rings. The average molecular weight is 190 g/mol. The Morgan fingerprint density at radius 1 is 1.36 bits per heavy atom. The van der Waals surface area contributed by atoms with E-state index >= 15 is 0 Å². The normalized spacial score (nSPS) is 10.0. The number of aromatic carboxylic acids is 1. The second-order valence-corrected chi connectivity index (χ2v) is 2.62. The zero-order valence-corrected chi connectivity index (χ0v) is 7.04. The summed E-state index contributed by atoms with van der Waals surface area (Å²) in [6, 6.07) is 3.34. The average Bonchev–Trinajstić information content (AvgIpc) is 2.67. The van der Waals surface area contributed by atoms with E-state index in [4.69, 9.17) is 5.11 Å². The lowest BCUT2D eigenvalue weighted by Gasteiger charge is -1.95. The molecule has 2 aromatic heterocycles. The summed E-state index contributed by atoms with van der Waals surface area (Å²) in [6.07, 6.45) is 4.24. The lowest BCUT2D eigenvalue weighted by molar-refractivity contribution is 0.0697. The van der Waals surface area contributed by atoms with Crippen molar-refractivity contribution in [2.45, 2.75) is 0 Å². The highest BCUT2D eigenvalue weighted by Crippen LogP contribution is 2.20. The van der Waals surface area contributed by atoms with E-state index in [0.717, 1.165) is 6.26 Å². The molecule has 0 unspecified atom stereocenters. The van der Waals surface area contributed by atoms with Crippen LogP contribution in [-0.4, -0.2) is 21.2 Å². The number of carboxylic acid groups (broad SMARTS) is 1. The summed E-state index contributed by atoms with van der Waals surface area (Å²) in [4.78, 5) is 14.6. The van der Waals surface area contributed by atoms with Crippen molar-refractivity contribution < 1.29 is 14.4 Å². The van der Waals surface area contributed by atoms with E-state index in [2.05, 4.69) is 14.7 Å². The van der Waals surface area contributed by atoms with Gasteiger partial charge in [0.25, 0.3) is 0 Å². The summed E-state index contributed by atoms with van der Waals surface area (Å²) in [6.45, 7) is 0. The van der Waals surface area contributed by atoms with Gasteiger partial charge in [0.05, 0.1) is 0 Å². The molecule has 0 radical (unpaired) electrons. The summed E-state index contributed by atoms with van der Waals surface area (Å²) >= 11 is 0. The Labute approximate surface area is 79.0 Å². The standard InChI is InChI=1S/C9H6N2O3/c12-9(13)7-5-14-11-8(7)6-1-3-10-4-2-6/h1-5H,(H,12,13). The Morgan fingerprint density at radius 2 is 2.07 bits per heavy atom. The van der Waals surface area contributed by atoms with Gasteiger partial charge in [-0.25, -0.2) is 4.79 Å². The van der Waals surface area contributed by atoms with Gasteiger partial charge in [0.15, 0.2) is 0 Å². The molecule has 2 rings (SSSR count). The highest BCUT2D eigenvalue weighted by Gasteiger charge is 2.15. The van der Waals surface area contributed by atoms with Crippen LogP contribution in [0.5, 0.6) is 0 Å². The molecule has 5 nitrogen and oxygen atoms in total. The molecule has 2 heterocycles. The molecule has 0 fully saturated rings. The third-order valence-corrected chi connectivity index (χ3v) is 1.75. The first-order valence-corrected chi connectivity index (χ1v) is 3.87. The molecule has 0 saturated carbocycles. The van der Waals surface area contributed by atoms with Crippen LogP contribution in [0.1, 0.15) is 10.4 Å². The van der Waals surface area contributed by atoms with Crippen LogP contribution in [0.15, 0.2) is 35.3 Å². The fraction of sp³-hybridized carbons (Fsp3) is 0. The van der Waals surface area contributed by atoms with E-state index in [1.165, 1.54) is 0 Å². The zero-order valence-electron chi connectivity index (χ0n) is 7.04. The fourth-order valence-electron chi connectivity index (χ4n) is 1.11. The SMILES string of the molecule is O=C(O)c1conc1-c1ccncc1. The number of carbonyl (C=O) groups is 1. The lowest BCUT2D eigenvalue weighted by Crippen LogP contribution is -1.96. The van der Waals surface area contributed by atoms with E-state index < -0.39 is 5.97 Å². The quantitative estimate of drug-likeness (QED) is 0.775. The maximum Gasteiger partial charge on any atom is 0.341 e. The van der Waals surface area contributed by atoms with Crippen LogP contribution in [0.3, 0.4) is 0 Å². The maximum absolute atomic E-state index is 10.7. The van der Waals surface area contributed by atoms with Gasteiger partial charge in [0.2, 0.25) is 0 Å². The smallest absolute Gasteiger partial charge is 0.341 e. The number of hydrogen-bond donors (Lipinski definition) is 1.